The van der Waals surface area contributed by atoms with Gasteiger partial charge in [0, 0.05) is 47.8 Å². The highest BCUT2D eigenvalue weighted by molar-refractivity contribution is 7.26. The first-order chi connectivity index (χ1) is 26.8. The van der Waals surface area contributed by atoms with Crippen molar-refractivity contribution in [2.24, 2.45) is 0 Å². The number of benzene rings is 8. The smallest absolute Gasteiger partial charge is 0.102 e. The van der Waals surface area contributed by atoms with Crippen LogP contribution in [0, 0.1) is 11.3 Å². The third kappa shape index (κ3) is 3.74. The van der Waals surface area contributed by atoms with Gasteiger partial charge >= 0.3 is 0 Å². The van der Waals surface area contributed by atoms with E-state index in [0.717, 1.165) is 81.1 Å². The van der Waals surface area contributed by atoms with Crippen LogP contribution in [0.15, 0.2) is 170 Å². The fraction of sp³-hybridized carbons (Fsp3) is 0. The van der Waals surface area contributed by atoms with Gasteiger partial charge in [-0.3, -0.25) is 0 Å². The molecule has 54 heavy (non-hydrogen) atoms. The zero-order valence-corrected chi connectivity index (χ0v) is 29.7. The Balaban J connectivity index is 1.46. The molecule has 0 saturated carbocycles. The summed E-state index contributed by atoms with van der Waals surface area (Å²) < 4.78 is 9.51. The number of hydrogen-bond acceptors (Lipinski definition) is 2. The Morgan fingerprint density at radius 1 is 0.352 bits per heavy atom. The second kappa shape index (κ2) is 10.9. The van der Waals surface area contributed by atoms with E-state index in [1.165, 1.54) is 21.5 Å². The maximum Gasteiger partial charge on any atom is 0.102 e. The van der Waals surface area contributed by atoms with Gasteiger partial charge in [0.2, 0.25) is 0 Å². The summed E-state index contributed by atoms with van der Waals surface area (Å²) >= 11 is 1.77. The van der Waals surface area contributed by atoms with Crippen LogP contribution < -0.4 is 0 Å². The van der Waals surface area contributed by atoms with E-state index in [9.17, 15) is 5.26 Å². The van der Waals surface area contributed by atoms with E-state index >= 15 is 0 Å². The Morgan fingerprint density at radius 2 is 0.667 bits per heavy atom. The lowest BCUT2D eigenvalue weighted by Gasteiger charge is -2.24. The van der Waals surface area contributed by atoms with Crippen LogP contribution in [-0.2, 0) is 0 Å². The molecule has 0 spiro atoms. The number of thiophene rings is 1. The lowest BCUT2D eigenvalue weighted by atomic mass is 10.0. The molecule has 0 aliphatic rings. The Labute approximate surface area is 313 Å². The summed E-state index contributed by atoms with van der Waals surface area (Å²) in [5.74, 6) is 0. The maximum atomic E-state index is 11.7. The molecular weight excluding hydrogens is 677 g/mol. The largest absolute Gasteiger partial charge is 0.306 e. The molecule has 0 N–H and O–H groups in total. The molecule has 0 bridgehead atoms. The number of fused-ring (bicyclic) bond motifs is 12. The summed E-state index contributed by atoms with van der Waals surface area (Å²) in [6, 6.07) is 63.5. The van der Waals surface area contributed by atoms with E-state index in [-0.39, 0.29) is 0 Å². The van der Waals surface area contributed by atoms with Crippen LogP contribution >= 0.6 is 11.3 Å². The predicted octanol–water partition coefficient (Wildman–Crippen LogP) is 13.2. The van der Waals surface area contributed by atoms with E-state index in [0.29, 0.717) is 5.56 Å². The van der Waals surface area contributed by atoms with Gasteiger partial charge in [-0.25, -0.2) is 0 Å². The second-order valence-corrected chi connectivity index (χ2v) is 15.0. The number of nitriles is 1. The van der Waals surface area contributed by atoms with Crippen molar-refractivity contribution in [1.82, 2.24) is 13.7 Å². The first-order valence-electron chi connectivity index (χ1n) is 18.2. The lowest BCUT2D eigenvalue weighted by Crippen LogP contribution is -2.11. The standard InChI is InChI=1S/C49H28N4S/c50-29-37-45-36-21-7-14-28-44(36)54-49(45)48(53-42-26-12-5-19-34(42)35-20-6-13-27-43(35)53)47(52-40-24-10-3-17-32(40)33-18-4-11-25-41(33)52)46(37)51-38-22-8-1-15-30(38)31-16-2-9-23-39(31)51/h1-28H. The van der Waals surface area contributed by atoms with Crippen molar-refractivity contribution in [3.05, 3.63) is 175 Å². The number of hydrogen-bond donors (Lipinski definition) is 0. The molecule has 0 saturated heterocycles. The monoisotopic (exact) mass is 704 g/mol. The van der Waals surface area contributed by atoms with Gasteiger partial charge in [-0.15, -0.1) is 11.3 Å². The van der Waals surface area contributed by atoms with Crippen molar-refractivity contribution in [2.45, 2.75) is 0 Å². The minimum Gasteiger partial charge on any atom is -0.306 e. The molecule has 0 radical (unpaired) electrons. The van der Waals surface area contributed by atoms with Gasteiger partial charge in [-0.1, -0.05) is 127 Å². The fourth-order valence-electron chi connectivity index (χ4n) is 9.15. The molecule has 8 aromatic carbocycles. The highest BCUT2D eigenvalue weighted by Crippen LogP contribution is 2.50. The van der Waals surface area contributed by atoms with Gasteiger partial charge in [-0.2, -0.15) is 5.26 Å². The number of aromatic nitrogens is 3. The van der Waals surface area contributed by atoms with Crippen molar-refractivity contribution >= 4 is 96.9 Å². The minimum absolute atomic E-state index is 0.662. The highest BCUT2D eigenvalue weighted by Gasteiger charge is 2.31. The zero-order chi connectivity index (χ0) is 35.5. The Hall–Kier alpha value is -7.13. The van der Waals surface area contributed by atoms with Gasteiger partial charge in [0.15, 0.2) is 0 Å². The summed E-state index contributed by atoms with van der Waals surface area (Å²) in [7, 11) is 0. The van der Waals surface area contributed by atoms with Crippen LogP contribution in [0.2, 0.25) is 0 Å². The van der Waals surface area contributed by atoms with Crippen LogP contribution in [0.4, 0.5) is 0 Å². The summed E-state index contributed by atoms with van der Waals surface area (Å²) in [4.78, 5) is 0. The van der Waals surface area contributed by atoms with E-state index in [4.69, 9.17) is 0 Å². The van der Waals surface area contributed by atoms with E-state index in [1.54, 1.807) is 11.3 Å². The molecule has 0 aliphatic heterocycles. The quantitative estimate of drug-likeness (QED) is 0.180. The van der Waals surface area contributed by atoms with Crippen LogP contribution in [0.3, 0.4) is 0 Å². The van der Waals surface area contributed by atoms with Crippen molar-refractivity contribution in [3.8, 4) is 23.1 Å². The number of nitrogens with zero attached hydrogens (tertiary/aromatic N) is 4. The van der Waals surface area contributed by atoms with Crippen LogP contribution in [-0.4, -0.2) is 13.7 Å². The topological polar surface area (TPSA) is 38.6 Å². The van der Waals surface area contributed by atoms with Crippen molar-refractivity contribution in [2.75, 3.05) is 0 Å². The second-order valence-electron chi connectivity index (χ2n) is 13.9. The average molecular weight is 705 g/mol. The number of para-hydroxylation sites is 6. The average Bonchev–Trinajstić information content (AvgIpc) is 3.97. The summed E-state index contributed by atoms with van der Waals surface area (Å²) in [6.07, 6.45) is 0. The first-order valence-corrected chi connectivity index (χ1v) is 19.0. The third-order valence-electron chi connectivity index (χ3n) is 11.3. The molecule has 4 aromatic heterocycles. The van der Waals surface area contributed by atoms with Crippen molar-refractivity contribution < 1.29 is 0 Å². The molecular formula is C49H28N4S. The molecule has 0 atom stereocenters. The van der Waals surface area contributed by atoms with E-state index in [1.807, 2.05) is 0 Å². The summed E-state index contributed by atoms with van der Waals surface area (Å²) in [6.45, 7) is 0. The van der Waals surface area contributed by atoms with E-state index < -0.39 is 0 Å². The SMILES string of the molecule is N#Cc1c(-n2c3ccccc3c3ccccc32)c(-n2c3ccccc3c3ccccc32)c(-n2c3ccccc3c3ccccc32)c2sc3ccccc3c12. The molecule has 0 amide bonds. The molecule has 0 fully saturated rings. The van der Waals surface area contributed by atoms with Crippen LogP contribution in [0.5, 0.6) is 0 Å². The predicted molar refractivity (Wildman–Crippen MR) is 227 cm³/mol. The first kappa shape index (κ1) is 29.4. The Kier molecular flexibility index (Phi) is 5.97. The molecule has 12 rings (SSSR count). The van der Waals surface area contributed by atoms with Crippen LogP contribution in [0.1, 0.15) is 5.56 Å². The van der Waals surface area contributed by atoms with Gasteiger partial charge in [0.25, 0.3) is 0 Å². The molecule has 250 valence electrons. The molecule has 5 heteroatoms. The molecule has 0 aliphatic carbocycles. The molecule has 12 aromatic rings. The molecule has 4 nitrogen and oxygen atoms in total. The Bertz CT molecular complexity index is 3420. The fourth-order valence-corrected chi connectivity index (χ4v) is 10.4. The third-order valence-corrected chi connectivity index (χ3v) is 12.4. The molecule has 4 heterocycles. The normalized spacial score (nSPS) is 12.1. The Morgan fingerprint density at radius 3 is 1.06 bits per heavy atom. The van der Waals surface area contributed by atoms with Gasteiger partial charge < -0.3 is 13.7 Å². The van der Waals surface area contributed by atoms with Gasteiger partial charge in [0.1, 0.15) is 6.07 Å². The van der Waals surface area contributed by atoms with Gasteiger partial charge in [-0.05, 0) is 42.5 Å². The summed E-state index contributed by atoms with van der Waals surface area (Å²) in [5.41, 5.74) is 10.1. The van der Waals surface area contributed by atoms with Crippen molar-refractivity contribution in [1.29, 1.82) is 5.26 Å². The lowest BCUT2D eigenvalue weighted by molar-refractivity contribution is 1.06. The summed E-state index contributed by atoms with van der Waals surface area (Å²) in [5, 5.41) is 20.8. The number of rotatable bonds is 3. The van der Waals surface area contributed by atoms with E-state index in [2.05, 4.69) is 190 Å². The maximum absolute atomic E-state index is 11.7. The highest BCUT2D eigenvalue weighted by atomic mass is 32.1. The van der Waals surface area contributed by atoms with Crippen molar-refractivity contribution in [3.63, 3.8) is 0 Å². The minimum atomic E-state index is 0.662. The zero-order valence-electron chi connectivity index (χ0n) is 28.9. The van der Waals surface area contributed by atoms with Gasteiger partial charge in [0.05, 0.1) is 60.4 Å². The molecule has 0 unspecified atom stereocenters. The van der Waals surface area contributed by atoms with Crippen LogP contribution in [0.25, 0.3) is 103 Å².